The van der Waals surface area contributed by atoms with E-state index in [1.54, 1.807) is 12.1 Å². The monoisotopic (exact) mass is 242 g/mol. The summed E-state index contributed by atoms with van der Waals surface area (Å²) < 4.78 is 37.3. The number of benzene rings is 1. The van der Waals surface area contributed by atoms with Gasteiger partial charge in [-0.1, -0.05) is 38.3 Å². The third-order valence-electron chi connectivity index (χ3n) is 3.78. The van der Waals surface area contributed by atoms with E-state index >= 15 is 0 Å². The van der Waals surface area contributed by atoms with Crippen molar-refractivity contribution in [3.63, 3.8) is 0 Å². The van der Waals surface area contributed by atoms with Gasteiger partial charge in [0.15, 0.2) is 0 Å². The van der Waals surface area contributed by atoms with Crippen molar-refractivity contribution in [1.82, 2.24) is 0 Å². The van der Waals surface area contributed by atoms with Gasteiger partial charge in [-0.2, -0.15) is 13.2 Å². The van der Waals surface area contributed by atoms with Crippen LogP contribution in [0.5, 0.6) is 0 Å². The van der Waals surface area contributed by atoms with Crippen LogP contribution in [0.3, 0.4) is 0 Å². The van der Waals surface area contributed by atoms with E-state index in [0.717, 1.165) is 12.0 Å². The molecule has 0 heterocycles. The van der Waals surface area contributed by atoms with Gasteiger partial charge in [-0.15, -0.1) is 0 Å². The molecular weight excluding hydrogens is 225 g/mol. The van der Waals surface area contributed by atoms with Gasteiger partial charge in [0.05, 0.1) is 5.56 Å². The highest BCUT2D eigenvalue weighted by Crippen LogP contribution is 2.38. The van der Waals surface area contributed by atoms with E-state index in [1.165, 1.54) is 31.4 Å². The van der Waals surface area contributed by atoms with Crippen LogP contribution in [0.1, 0.15) is 49.7 Å². The first-order chi connectivity index (χ1) is 7.98. The molecule has 1 aliphatic rings. The Bertz CT molecular complexity index is 364. The molecule has 2 atom stereocenters. The summed E-state index contributed by atoms with van der Waals surface area (Å²) in [5.41, 5.74) is 0.509. The molecule has 1 aromatic carbocycles. The van der Waals surface area contributed by atoms with Gasteiger partial charge in [-0.25, -0.2) is 0 Å². The molecule has 1 saturated carbocycles. The van der Waals surface area contributed by atoms with Gasteiger partial charge in [0, 0.05) is 0 Å². The maximum absolute atomic E-state index is 12.4. The molecule has 1 fully saturated rings. The minimum absolute atomic E-state index is 0.436. The highest BCUT2D eigenvalue weighted by molar-refractivity contribution is 5.27. The molecule has 0 amide bonds. The van der Waals surface area contributed by atoms with Crippen molar-refractivity contribution < 1.29 is 13.2 Å². The van der Waals surface area contributed by atoms with Crippen molar-refractivity contribution in [2.45, 2.75) is 44.7 Å². The Labute approximate surface area is 99.8 Å². The maximum atomic E-state index is 12.4. The molecule has 0 saturated heterocycles. The van der Waals surface area contributed by atoms with Crippen LogP contribution in [0.4, 0.5) is 13.2 Å². The molecule has 0 unspecified atom stereocenters. The van der Waals surface area contributed by atoms with Gasteiger partial charge in [-0.05, 0) is 36.0 Å². The van der Waals surface area contributed by atoms with Gasteiger partial charge in [0.2, 0.25) is 0 Å². The highest BCUT2D eigenvalue weighted by Gasteiger charge is 2.30. The normalized spacial score (nSPS) is 25.9. The molecule has 94 valence electrons. The summed E-state index contributed by atoms with van der Waals surface area (Å²) in [7, 11) is 0. The third-order valence-corrected chi connectivity index (χ3v) is 3.78. The standard InChI is InChI=1S/C14H17F3/c1-10-4-2-3-5-13(10)11-6-8-12(9-7-11)14(15,16)17/h6-10,13H,2-5H2,1H3/t10-,13-/m0/s1. The van der Waals surface area contributed by atoms with E-state index in [1.807, 2.05) is 0 Å². The average Bonchev–Trinajstić information content (AvgIpc) is 2.29. The first-order valence-electron chi connectivity index (χ1n) is 6.15. The van der Waals surface area contributed by atoms with Crippen molar-refractivity contribution >= 4 is 0 Å². The largest absolute Gasteiger partial charge is 0.416 e. The van der Waals surface area contributed by atoms with Crippen molar-refractivity contribution in [2.75, 3.05) is 0 Å². The molecule has 0 spiro atoms. The number of halogens is 3. The average molecular weight is 242 g/mol. The Hall–Kier alpha value is -0.990. The first-order valence-corrected chi connectivity index (χ1v) is 6.15. The number of hydrogen-bond acceptors (Lipinski definition) is 0. The molecule has 0 N–H and O–H groups in total. The van der Waals surface area contributed by atoms with Crippen molar-refractivity contribution in [1.29, 1.82) is 0 Å². The van der Waals surface area contributed by atoms with Crippen LogP contribution in [0.25, 0.3) is 0 Å². The summed E-state index contributed by atoms with van der Waals surface area (Å²) in [5, 5.41) is 0. The van der Waals surface area contributed by atoms with Crippen molar-refractivity contribution in [3.05, 3.63) is 35.4 Å². The first kappa shape index (κ1) is 12.5. The fourth-order valence-corrected chi connectivity index (χ4v) is 2.73. The zero-order valence-electron chi connectivity index (χ0n) is 9.93. The fraction of sp³-hybridized carbons (Fsp3) is 0.571. The second-order valence-corrected chi connectivity index (χ2v) is 4.99. The van der Waals surface area contributed by atoms with Gasteiger partial charge in [0.1, 0.15) is 0 Å². The SMILES string of the molecule is C[C@H]1CCCC[C@@H]1c1ccc(C(F)(F)F)cc1. The molecule has 1 aromatic rings. The summed E-state index contributed by atoms with van der Waals surface area (Å²) in [6.45, 7) is 2.20. The summed E-state index contributed by atoms with van der Waals surface area (Å²) in [6, 6.07) is 5.71. The Kier molecular flexibility index (Phi) is 3.45. The number of rotatable bonds is 1. The lowest BCUT2D eigenvalue weighted by atomic mass is 9.76. The molecule has 3 heteroatoms. The van der Waals surface area contributed by atoms with Crippen LogP contribution < -0.4 is 0 Å². The Morgan fingerprint density at radius 2 is 1.59 bits per heavy atom. The van der Waals surface area contributed by atoms with Gasteiger partial charge >= 0.3 is 6.18 Å². The van der Waals surface area contributed by atoms with Crippen LogP contribution >= 0.6 is 0 Å². The molecule has 2 rings (SSSR count). The van der Waals surface area contributed by atoms with Crippen molar-refractivity contribution in [2.24, 2.45) is 5.92 Å². The quantitative estimate of drug-likeness (QED) is 0.650. The molecule has 1 aliphatic carbocycles. The molecule has 0 aliphatic heterocycles. The van der Waals surface area contributed by atoms with Crippen LogP contribution in [-0.2, 0) is 6.18 Å². The molecule has 0 aromatic heterocycles. The van der Waals surface area contributed by atoms with Crippen LogP contribution in [0.2, 0.25) is 0 Å². The fourth-order valence-electron chi connectivity index (χ4n) is 2.73. The van der Waals surface area contributed by atoms with E-state index in [-0.39, 0.29) is 0 Å². The van der Waals surface area contributed by atoms with Crippen LogP contribution in [0.15, 0.2) is 24.3 Å². The zero-order chi connectivity index (χ0) is 12.5. The van der Waals surface area contributed by atoms with E-state index in [9.17, 15) is 13.2 Å². The van der Waals surface area contributed by atoms with E-state index in [4.69, 9.17) is 0 Å². The van der Waals surface area contributed by atoms with E-state index in [0.29, 0.717) is 11.8 Å². The molecular formula is C14H17F3. The second kappa shape index (κ2) is 4.71. The number of alkyl halides is 3. The molecule has 0 bridgehead atoms. The van der Waals surface area contributed by atoms with Crippen LogP contribution in [0, 0.1) is 5.92 Å². The summed E-state index contributed by atoms with van der Waals surface area (Å²) in [6.07, 6.45) is 0.503. The Morgan fingerprint density at radius 3 is 2.12 bits per heavy atom. The molecule has 0 radical (unpaired) electrons. The maximum Gasteiger partial charge on any atom is 0.416 e. The smallest absolute Gasteiger partial charge is 0.166 e. The summed E-state index contributed by atoms with van der Waals surface area (Å²) in [4.78, 5) is 0. The Balaban J connectivity index is 2.17. The van der Waals surface area contributed by atoms with Gasteiger partial charge in [0.25, 0.3) is 0 Å². The molecule has 17 heavy (non-hydrogen) atoms. The lowest BCUT2D eigenvalue weighted by molar-refractivity contribution is -0.137. The van der Waals surface area contributed by atoms with E-state index in [2.05, 4.69) is 6.92 Å². The minimum atomic E-state index is -4.23. The van der Waals surface area contributed by atoms with Crippen molar-refractivity contribution in [3.8, 4) is 0 Å². The third kappa shape index (κ3) is 2.82. The summed E-state index contributed by atoms with van der Waals surface area (Å²) in [5.74, 6) is 1.02. The minimum Gasteiger partial charge on any atom is -0.166 e. The predicted molar refractivity (Wildman–Crippen MR) is 61.8 cm³/mol. The molecule has 0 nitrogen and oxygen atoms in total. The highest BCUT2D eigenvalue weighted by atomic mass is 19.4. The zero-order valence-corrected chi connectivity index (χ0v) is 9.93. The summed E-state index contributed by atoms with van der Waals surface area (Å²) >= 11 is 0. The predicted octanol–water partition coefficient (Wildman–Crippen LogP) is 5.00. The topological polar surface area (TPSA) is 0 Å². The Morgan fingerprint density at radius 1 is 1.00 bits per heavy atom. The lowest BCUT2D eigenvalue weighted by Gasteiger charge is -2.29. The van der Waals surface area contributed by atoms with Gasteiger partial charge in [-0.3, -0.25) is 0 Å². The van der Waals surface area contributed by atoms with Gasteiger partial charge < -0.3 is 0 Å². The lowest BCUT2D eigenvalue weighted by Crippen LogP contribution is -2.15. The van der Waals surface area contributed by atoms with Crippen LogP contribution in [-0.4, -0.2) is 0 Å². The van der Waals surface area contributed by atoms with E-state index < -0.39 is 11.7 Å². The number of hydrogen-bond donors (Lipinski definition) is 0. The second-order valence-electron chi connectivity index (χ2n) is 4.99.